The summed E-state index contributed by atoms with van der Waals surface area (Å²) in [6, 6.07) is 0. The van der Waals surface area contributed by atoms with E-state index in [0.29, 0.717) is 10.8 Å². The molecule has 9 heteroatoms. The maximum Gasteiger partial charge on any atom is 0.348 e. The van der Waals surface area contributed by atoms with Gasteiger partial charge in [0.05, 0.1) is 25.5 Å². The van der Waals surface area contributed by atoms with Gasteiger partial charge in [0.15, 0.2) is 0 Å². The second-order valence-electron chi connectivity index (χ2n) is 4.54. The topological polar surface area (TPSA) is 105 Å². The molecule has 2 aromatic rings. The Kier molecular flexibility index (Phi) is 5.32. The number of anilines is 1. The molecule has 0 unspecified atom stereocenters. The van der Waals surface area contributed by atoms with Gasteiger partial charge in [-0.25, -0.2) is 14.6 Å². The number of methoxy groups -OCH3 is 2. The summed E-state index contributed by atoms with van der Waals surface area (Å²) in [4.78, 5) is 28.4. The number of aryl methyl sites for hydroxylation is 2. The second-order valence-corrected chi connectivity index (χ2v) is 6.52. The van der Waals surface area contributed by atoms with Gasteiger partial charge >= 0.3 is 11.9 Å². The van der Waals surface area contributed by atoms with Crippen LogP contribution >= 0.6 is 23.1 Å². The molecule has 0 radical (unpaired) electrons. The molecule has 0 bridgehead atoms. The molecule has 2 aromatic heterocycles. The van der Waals surface area contributed by atoms with Crippen LogP contribution < -0.4 is 5.73 Å². The van der Waals surface area contributed by atoms with E-state index in [9.17, 15) is 9.59 Å². The minimum absolute atomic E-state index is 0.186. The lowest BCUT2D eigenvalue weighted by Crippen LogP contribution is -2.08. The van der Waals surface area contributed by atoms with Crippen molar-refractivity contribution >= 4 is 40.0 Å². The van der Waals surface area contributed by atoms with Crippen molar-refractivity contribution in [3.8, 4) is 0 Å². The predicted molar refractivity (Wildman–Crippen MR) is 86.9 cm³/mol. The van der Waals surface area contributed by atoms with Gasteiger partial charge in [0.2, 0.25) is 0 Å². The molecule has 23 heavy (non-hydrogen) atoms. The normalized spacial score (nSPS) is 10.6. The van der Waals surface area contributed by atoms with Crippen LogP contribution in [0.4, 0.5) is 5.00 Å². The minimum atomic E-state index is -0.593. The summed E-state index contributed by atoms with van der Waals surface area (Å²) in [6.07, 6.45) is 0. The van der Waals surface area contributed by atoms with Crippen LogP contribution in [0.2, 0.25) is 0 Å². The summed E-state index contributed by atoms with van der Waals surface area (Å²) in [5.74, 6) is -0.141. The van der Waals surface area contributed by atoms with Crippen molar-refractivity contribution in [3.63, 3.8) is 0 Å². The number of rotatable bonds is 5. The average Bonchev–Trinajstić information content (AvgIpc) is 3.03. The maximum absolute atomic E-state index is 12.0. The van der Waals surface area contributed by atoms with Gasteiger partial charge in [-0.1, -0.05) is 11.8 Å². The highest BCUT2D eigenvalue weighted by atomic mass is 32.2. The van der Waals surface area contributed by atoms with Crippen LogP contribution in [-0.4, -0.2) is 31.1 Å². The van der Waals surface area contributed by atoms with E-state index >= 15 is 0 Å². The van der Waals surface area contributed by atoms with Crippen LogP contribution in [0.25, 0.3) is 0 Å². The number of esters is 2. The van der Waals surface area contributed by atoms with Crippen LogP contribution in [0, 0.1) is 13.8 Å². The zero-order valence-electron chi connectivity index (χ0n) is 13.1. The third-order valence-electron chi connectivity index (χ3n) is 3.14. The lowest BCUT2D eigenvalue weighted by Gasteiger charge is -2.04. The Labute approximate surface area is 141 Å². The fourth-order valence-electron chi connectivity index (χ4n) is 1.84. The summed E-state index contributed by atoms with van der Waals surface area (Å²) in [5, 5.41) is 0.670. The Morgan fingerprint density at radius 1 is 1.26 bits per heavy atom. The van der Waals surface area contributed by atoms with Crippen LogP contribution in [0.5, 0.6) is 0 Å². The Bertz CT molecular complexity index is 731. The molecule has 0 atom stereocenters. The largest absolute Gasteiger partial charge is 0.465 e. The van der Waals surface area contributed by atoms with Crippen molar-refractivity contribution in [1.29, 1.82) is 0 Å². The van der Waals surface area contributed by atoms with Gasteiger partial charge in [0.25, 0.3) is 5.22 Å². The van der Waals surface area contributed by atoms with Crippen LogP contribution in [0.3, 0.4) is 0 Å². The number of oxazole rings is 1. The molecule has 0 aromatic carbocycles. The Morgan fingerprint density at radius 3 is 2.43 bits per heavy atom. The Hall–Kier alpha value is -2.00. The van der Waals surface area contributed by atoms with Gasteiger partial charge in [0.1, 0.15) is 15.6 Å². The molecule has 0 saturated carbocycles. The van der Waals surface area contributed by atoms with E-state index in [0.717, 1.165) is 22.8 Å². The van der Waals surface area contributed by atoms with E-state index in [1.807, 2.05) is 13.8 Å². The number of hydrogen-bond acceptors (Lipinski definition) is 9. The lowest BCUT2D eigenvalue weighted by molar-refractivity contribution is 0.0601. The van der Waals surface area contributed by atoms with Gasteiger partial charge in [0, 0.05) is 11.3 Å². The Morgan fingerprint density at radius 2 is 1.91 bits per heavy atom. The number of ether oxygens (including phenoxy) is 2. The molecule has 124 valence electrons. The summed E-state index contributed by atoms with van der Waals surface area (Å²) < 4.78 is 15.0. The summed E-state index contributed by atoms with van der Waals surface area (Å²) >= 11 is 2.26. The molecule has 0 aliphatic heterocycles. The molecular formula is C14H16N2O5S2. The third kappa shape index (κ3) is 3.50. The number of nitrogen functional groups attached to an aromatic ring is 1. The van der Waals surface area contributed by atoms with E-state index in [-0.39, 0.29) is 21.2 Å². The zero-order chi connectivity index (χ0) is 17.1. The van der Waals surface area contributed by atoms with Crippen molar-refractivity contribution in [2.75, 3.05) is 20.0 Å². The quantitative estimate of drug-likeness (QED) is 0.644. The third-order valence-corrected chi connectivity index (χ3v) is 5.04. The zero-order valence-corrected chi connectivity index (χ0v) is 14.7. The predicted octanol–water partition coefficient (Wildman–Crippen LogP) is 2.80. The first kappa shape index (κ1) is 17.4. The maximum atomic E-state index is 12.0. The molecule has 0 fully saturated rings. The summed E-state index contributed by atoms with van der Waals surface area (Å²) in [6.45, 7) is 3.65. The highest BCUT2D eigenvalue weighted by Gasteiger charge is 2.27. The molecule has 7 nitrogen and oxygen atoms in total. The van der Waals surface area contributed by atoms with Crippen molar-refractivity contribution in [1.82, 2.24) is 4.98 Å². The van der Waals surface area contributed by atoms with Crippen molar-refractivity contribution in [2.45, 2.75) is 24.8 Å². The highest BCUT2D eigenvalue weighted by molar-refractivity contribution is 7.98. The SMILES string of the molecule is COC(=O)c1sc(N)c(C(=O)OC)c1CSc1nc(C)c(C)o1. The van der Waals surface area contributed by atoms with E-state index in [4.69, 9.17) is 19.6 Å². The van der Waals surface area contributed by atoms with Gasteiger partial charge in [-0.2, -0.15) is 0 Å². The number of aromatic nitrogens is 1. The number of nitrogens with zero attached hydrogens (tertiary/aromatic N) is 1. The number of thioether (sulfide) groups is 1. The fourth-order valence-corrected chi connectivity index (χ4v) is 3.87. The highest BCUT2D eigenvalue weighted by Crippen LogP contribution is 2.36. The first-order valence-electron chi connectivity index (χ1n) is 6.53. The molecule has 2 heterocycles. The van der Waals surface area contributed by atoms with Gasteiger partial charge < -0.3 is 19.6 Å². The van der Waals surface area contributed by atoms with Gasteiger partial charge in [-0.15, -0.1) is 11.3 Å². The van der Waals surface area contributed by atoms with Crippen molar-refractivity contribution < 1.29 is 23.5 Å². The van der Waals surface area contributed by atoms with Gasteiger partial charge in [-0.3, -0.25) is 0 Å². The second kappa shape index (κ2) is 7.05. The number of thiophene rings is 1. The molecule has 0 aliphatic rings. The van der Waals surface area contributed by atoms with Crippen molar-refractivity contribution in [2.24, 2.45) is 0 Å². The van der Waals surface area contributed by atoms with Crippen LogP contribution in [-0.2, 0) is 15.2 Å². The summed E-state index contributed by atoms with van der Waals surface area (Å²) in [7, 11) is 2.53. The number of hydrogen-bond donors (Lipinski definition) is 1. The van der Waals surface area contributed by atoms with E-state index in [2.05, 4.69) is 4.98 Å². The number of nitrogens with two attached hydrogens (primary N) is 1. The number of carbonyl (C=O) groups is 2. The average molecular weight is 356 g/mol. The molecule has 2 rings (SSSR count). The summed E-state index contributed by atoms with van der Waals surface area (Å²) in [5.41, 5.74) is 7.31. The first-order chi connectivity index (χ1) is 10.9. The van der Waals surface area contributed by atoms with E-state index in [1.165, 1.54) is 26.0 Å². The van der Waals surface area contributed by atoms with Crippen LogP contribution in [0.1, 0.15) is 37.0 Å². The first-order valence-corrected chi connectivity index (χ1v) is 8.33. The number of carbonyl (C=O) groups excluding carboxylic acids is 2. The monoisotopic (exact) mass is 356 g/mol. The van der Waals surface area contributed by atoms with E-state index in [1.54, 1.807) is 0 Å². The van der Waals surface area contributed by atoms with Crippen molar-refractivity contribution in [3.05, 3.63) is 27.5 Å². The van der Waals surface area contributed by atoms with Crippen LogP contribution in [0.15, 0.2) is 9.64 Å². The molecule has 0 spiro atoms. The fraction of sp³-hybridized carbons (Fsp3) is 0.357. The minimum Gasteiger partial charge on any atom is -0.465 e. The van der Waals surface area contributed by atoms with E-state index < -0.39 is 11.9 Å². The molecule has 0 amide bonds. The Balaban J connectivity index is 2.37. The molecule has 0 saturated heterocycles. The smallest absolute Gasteiger partial charge is 0.348 e. The van der Waals surface area contributed by atoms with Gasteiger partial charge in [-0.05, 0) is 13.8 Å². The standard InChI is InChI=1S/C14H16N2O5S2/c1-6-7(2)21-14(16-6)22-5-8-9(12(17)19-3)11(15)23-10(8)13(18)20-4/h5,15H2,1-4H3. The molecular weight excluding hydrogens is 340 g/mol. The molecule has 0 aliphatic carbocycles. The lowest BCUT2D eigenvalue weighted by atomic mass is 10.1. The molecule has 2 N–H and O–H groups in total.